The van der Waals surface area contributed by atoms with E-state index in [0.717, 1.165) is 15.6 Å². The van der Waals surface area contributed by atoms with Gasteiger partial charge in [-0.25, -0.2) is 0 Å². The molecule has 0 aliphatic heterocycles. The number of aliphatic hydroxyl groups excluding tert-OH is 1. The third kappa shape index (κ3) is 5.23. The molecule has 0 bridgehead atoms. The summed E-state index contributed by atoms with van der Waals surface area (Å²) in [5.74, 6) is 1.38. The molecule has 0 unspecified atom stereocenters. The maximum Gasteiger partial charge on any atom is 0.175 e. The molecule has 0 aliphatic rings. The molecule has 0 heterocycles. The monoisotopic (exact) mass is 393 g/mol. The predicted octanol–water partition coefficient (Wildman–Crippen LogP) is 3.82. The molecule has 4 nitrogen and oxygen atoms in total. The van der Waals surface area contributed by atoms with E-state index in [4.69, 9.17) is 9.47 Å². The molecule has 2 N–H and O–H groups in total. The fraction of sp³-hybridized carbons (Fsp3) is 0.368. The summed E-state index contributed by atoms with van der Waals surface area (Å²) in [7, 11) is 1.63. The van der Waals surface area contributed by atoms with Gasteiger partial charge in [0.25, 0.3) is 0 Å². The van der Waals surface area contributed by atoms with Crippen LogP contribution in [0.1, 0.15) is 23.6 Å². The number of hydrogen-bond donors (Lipinski definition) is 2. The Labute approximate surface area is 151 Å². The second-order valence-corrected chi connectivity index (χ2v) is 6.66. The number of halogens is 1. The molecule has 2 rings (SSSR count). The summed E-state index contributed by atoms with van der Waals surface area (Å²) in [4.78, 5) is 0. The van der Waals surface area contributed by atoms with Crippen LogP contribution in [0.25, 0.3) is 0 Å². The molecular formula is C19H24BrNO3. The van der Waals surface area contributed by atoms with E-state index in [1.807, 2.05) is 24.3 Å². The maximum atomic E-state index is 9.31. The van der Waals surface area contributed by atoms with Crippen LogP contribution in [0, 0.1) is 6.92 Å². The van der Waals surface area contributed by atoms with Crippen LogP contribution >= 0.6 is 15.9 Å². The standard InChI is InChI=1S/C19H24BrNO3/c1-13-6-4-5-7-16(13)12-24-19-17(20)8-15(9-18(19)23-3)11-21-10-14(2)22/h4-9,14,21-22H,10-12H2,1-3H3/t14-/m0/s1. The Morgan fingerprint density at radius 2 is 2.00 bits per heavy atom. The van der Waals surface area contributed by atoms with Crippen molar-refractivity contribution in [3.63, 3.8) is 0 Å². The van der Waals surface area contributed by atoms with Gasteiger partial charge in [0, 0.05) is 13.1 Å². The topological polar surface area (TPSA) is 50.7 Å². The summed E-state index contributed by atoms with van der Waals surface area (Å²) >= 11 is 3.57. The molecule has 0 radical (unpaired) electrons. The van der Waals surface area contributed by atoms with E-state index in [-0.39, 0.29) is 6.10 Å². The van der Waals surface area contributed by atoms with E-state index >= 15 is 0 Å². The molecule has 0 saturated carbocycles. The first-order chi connectivity index (χ1) is 11.5. The lowest BCUT2D eigenvalue weighted by molar-refractivity contribution is 0.191. The Kier molecular flexibility index (Phi) is 7.09. The molecular weight excluding hydrogens is 370 g/mol. The molecule has 130 valence electrons. The third-order valence-electron chi connectivity index (χ3n) is 3.69. The Balaban J connectivity index is 2.10. The smallest absolute Gasteiger partial charge is 0.175 e. The Morgan fingerprint density at radius 1 is 1.25 bits per heavy atom. The van der Waals surface area contributed by atoms with Gasteiger partial charge < -0.3 is 19.9 Å². The average Bonchev–Trinajstić information content (AvgIpc) is 2.54. The van der Waals surface area contributed by atoms with Crippen LogP contribution in [0.3, 0.4) is 0 Å². The first kappa shape index (κ1) is 18.8. The largest absolute Gasteiger partial charge is 0.493 e. The molecule has 2 aromatic rings. The van der Waals surface area contributed by atoms with Crippen molar-refractivity contribution >= 4 is 15.9 Å². The van der Waals surface area contributed by atoms with Crippen LogP contribution < -0.4 is 14.8 Å². The van der Waals surface area contributed by atoms with Gasteiger partial charge in [0.15, 0.2) is 11.5 Å². The minimum Gasteiger partial charge on any atom is -0.493 e. The van der Waals surface area contributed by atoms with Gasteiger partial charge in [-0.3, -0.25) is 0 Å². The lowest BCUT2D eigenvalue weighted by Gasteiger charge is -2.16. The Hall–Kier alpha value is -1.56. The number of aryl methyl sites for hydroxylation is 1. The Bertz CT molecular complexity index is 674. The van der Waals surface area contributed by atoms with E-state index in [9.17, 15) is 5.11 Å². The van der Waals surface area contributed by atoms with Crippen molar-refractivity contribution < 1.29 is 14.6 Å². The molecule has 1 atom stereocenters. The highest BCUT2D eigenvalue weighted by Crippen LogP contribution is 2.37. The van der Waals surface area contributed by atoms with Gasteiger partial charge in [-0.15, -0.1) is 0 Å². The van der Waals surface area contributed by atoms with Crippen LogP contribution in [0.15, 0.2) is 40.9 Å². The fourth-order valence-electron chi connectivity index (χ4n) is 2.36. The second-order valence-electron chi connectivity index (χ2n) is 5.80. The van der Waals surface area contributed by atoms with Crippen molar-refractivity contribution in [1.29, 1.82) is 0 Å². The van der Waals surface area contributed by atoms with Gasteiger partial charge >= 0.3 is 0 Å². The van der Waals surface area contributed by atoms with Gasteiger partial charge in [0.2, 0.25) is 0 Å². The number of methoxy groups -OCH3 is 1. The van der Waals surface area contributed by atoms with E-state index in [1.54, 1.807) is 14.0 Å². The molecule has 0 aliphatic carbocycles. The zero-order valence-electron chi connectivity index (χ0n) is 14.3. The summed E-state index contributed by atoms with van der Waals surface area (Å²) in [6.07, 6.45) is -0.368. The summed E-state index contributed by atoms with van der Waals surface area (Å²) in [5, 5.41) is 12.5. The van der Waals surface area contributed by atoms with Gasteiger partial charge in [0.05, 0.1) is 17.7 Å². The number of hydrogen-bond acceptors (Lipinski definition) is 4. The molecule has 24 heavy (non-hydrogen) atoms. The highest BCUT2D eigenvalue weighted by atomic mass is 79.9. The quantitative estimate of drug-likeness (QED) is 0.715. The number of benzene rings is 2. The fourth-order valence-corrected chi connectivity index (χ4v) is 2.97. The predicted molar refractivity (Wildman–Crippen MR) is 99.6 cm³/mol. The average molecular weight is 394 g/mol. The van der Waals surface area contributed by atoms with Crippen molar-refractivity contribution in [3.05, 3.63) is 57.6 Å². The van der Waals surface area contributed by atoms with Crippen LogP contribution in [0.5, 0.6) is 11.5 Å². The molecule has 0 amide bonds. The zero-order chi connectivity index (χ0) is 17.5. The van der Waals surface area contributed by atoms with Gasteiger partial charge in [-0.05, 0) is 58.6 Å². The summed E-state index contributed by atoms with van der Waals surface area (Å²) in [6.45, 7) is 5.51. The normalized spacial score (nSPS) is 12.0. The molecule has 0 spiro atoms. The van der Waals surface area contributed by atoms with Crippen molar-refractivity contribution in [2.24, 2.45) is 0 Å². The first-order valence-electron chi connectivity index (χ1n) is 7.93. The highest BCUT2D eigenvalue weighted by molar-refractivity contribution is 9.10. The molecule has 0 aromatic heterocycles. The molecule has 5 heteroatoms. The van der Waals surface area contributed by atoms with Gasteiger partial charge in [0.1, 0.15) is 6.61 Å². The summed E-state index contributed by atoms with van der Waals surface area (Å²) < 4.78 is 12.3. The van der Waals surface area contributed by atoms with Crippen LogP contribution in [-0.4, -0.2) is 24.9 Å². The van der Waals surface area contributed by atoms with Crippen LogP contribution in [0.4, 0.5) is 0 Å². The van der Waals surface area contributed by atoms with Crippen molar-refractivity contribution in [1.82, 2.24) is 5.32 Å². The second kappa shape index (κ2) is 9.06. The van der Waals surface area contributed by atoms with E-state index < -0.39 is 0 Å². The number of nitrogens with one attached hydrogen (secondary N) is 1. The van der Waals surface area contributed by atoms with Crippen LogP contribution in [-0.2, 0) is 13.2 Å². The van der Waals surface area contributed by atoms with Gasteiger partial charge in [-0.2, -0.15) is 0 Å². The highest BCUT2D eigenvalue weighted by Gasteiger charge is 2.12. The summed E-state index contributed by atoms with van der Waals surface area (Å²) in [6, 6.07) is 12.1. The first-order valence-corrected chi connectivity index (χ1v) is 8.73. The summed E-state index contributed by atoms with van der Waals surface area (Å²) in [5.41, 5.74) is 3.41. The van der Waals surface area contributed by atoms with Gasteiger partial charge in [-0.1, -0.05) is 24.3 Å². The van der Waals surface area contributed by atoms with Crippen molar-refractivity contribution in [3.8, 4) is 11.5 Å². The Morgan fingerprint density at radius 3 is 2.67 bits per heavy atom. The maximum absolute atomic E-state index is 9.31. The molecule has 0 fully saturated rings. The molecule has 0 saturated heterocycles. The van der Waals surface area contributed by atoms with Crippen molar-refractivity contribution in [2.45, 2.75) is 33.1 Å². The number of ether oxygens (including phenoxy) is 2. The van der Waals surface area contributed by atoms with Crippen LogP contribution in [0.2, 0.25) is 0 Å². The minimum atomic E-state index is -0.368. The number of rotatable bonds is 8. The van der Waals surface area contributed by atoms with E-state index in [2.05, 4.69) is 40.3 Å². The van der Waals surface area contributed by atoms with E-state index in [0.29, 0.717) is 31.2 Å². The number of aliphatic hydroxyl groups is 1. The lowest BCUT2D eigenvalue weighted by Crippen LogP contribution is -2.23. The minimum absolute atomic E-state index is 0.368. The van der Waals surface area contributed by atoms with E-state index in [1.165, 1.54) is 5.56 Å². The molecule has 2 aromatic carbocycles. The third-order valence-corrected chi connectivity index (χ3v) is 4.28. The zero-order valence-corrected chi connectivity index (χ0v) is 15.9. The lowest BCUT2D eigenvalue weighted by atomic mass is 10.1. The SMILES string of the molecule is COc1cc(CNC[C@H](C)O)cc(Br)c1OCc1ccccc1C. The van der Waals surface area contributed by atoms with Crippen molar-refractivity contribution in [2.75, 3.05) is 13.7 Å².